The van der Waals surface area contributed by atoms with Gasteiger partial charge < -0.3 is 4.74 Å². The summed E-state index contributed by atoms with van der Waals surface area (Å²) in [5, 5.41) is 3.51. The number of halogens is 1. The van der Waals surface area contributed by atoms with E-state index >= 15 is 0 Å². The van der Waals surface area contributed by atoms with Crippen LogP contribution in [0.1, 0.15) is 19.9 Å². The fourth-order valence-electron chi connectivity index (χ4n) is 1.05. The number of carbonyl (C=O) groups is 1. The van der Waals surface area contributed by atoms with Gasteiger partial charge in [-0.2, -0.15) is 5.10 Å². The first kappa shape index (κ1) is 11.4. The smallest absolute Gasteiger partial charge is 0.330 e. The average molecular weight is 214 g/mol. The van der Waals surface area contributed by atoms with E-state index in [0.29, 0.717) is 0 Å². The Labute approximate surface area is 85.5 Å². The molecule has 5 nitrogen and oxygen atoms in total. The van der Waals surface area contributed by atoms with Crippen molar-refractivity contribution in [1.82, 2.24) is 9.78 Å². The third kappa shape index (κ3) is 2.61. The minimum Gasteiger partial charge on any atom is -0.464 e. The van der Waals surface area contributed by atoms with Crippen molar-refractivity contribution < 1.29 is 13.9 Å². The van der Waals surface area contributed by atoms with Gasteiger partial charge in [0, 0.05) is 6.07 Å². The predicted molar refractivity (Wildman–Crippen MR) is 49.8 cm³/mol. The van der Waals surface area contributed by atoms with Gasteiger partial charge in [-0.25, -0.2) is 13.9 Å². The number of rotatable bonds is 3. The lowest BCUT2D eigenvalue weighted by atomic mass is 10.3. The molecule has 0 aliphatic carbocycles. The van der Waals surface area contributed by atoms with Gasteiger partial charge in [-0.05, 0) is 13.8 Å². The van der Waals surface area contributed by atoms with E-state index in [1.165, 1.54) is 6.92 Å². The van der Waals surface area contributed by atoms with E-state index in [-0.39, 0.29) is 6.61 Å². The fraction of sp³-hybridized carbons (Fsp3) is 0.444. The highest BCUT2D eigenvalue weighted by molar-refractivity contribution is 5.73. The van der Waals surface area contributed by atoms with E-state index < -0.39 is 23.4 Å². The van der Waals surface area contributed by atoms with Crippen molar-refractivity contribution in [2.45, 2.75) is 19.9 Å². The van der Waals surface area contributed by atoms with E-state index in [1.54, 1.807) is 6.92 Å². The average Bonchev–Trinajstić information content (AvgIpc) is 2.17. The first-order valence-corrected chi connectivity index (χ1v) is 4.47. The van der Waals surface area contributed by atoms with Crippen LogP contribution in [0.3, 0.4) is 0 Å². The molecule has 0 unspecified atom stereocenters. The molecule has 6 heteroatoms. The molecule has 0 aliphatic heterocycles. The van der Waals surface area contributed by atoms with Gasteiger partial charge in [-0.1, -0.05) is 0 Å². The molecule has 0 saturated heterocycles. The van der Waals surface area contributed by atoms with Crippen molar-refractivity contribution in [2.75, 3.05) is 6.61 Å². The third-order valence-corrected chi connectivity index (χ3v) is 1.79. The SMILES string of the molecule is CCOC(=O)[C@@H](C)n1ncc(F)cc1=O. The molecular formula is C9H11FN2O3. The Bertz CT molecular complexity index is 416. The van der Waals surface area contributed by atoms with E-state index in [2.05, 4.69) is 5.10 Å². The summed E-state index contributed by atoms with van der Waals surface area (Å²) >= 11 is 0. The number of ether oxygens (including phenoxy) is 1. The number of aromatic nitrogens is 2. The molecule has 0 radical (unpaired) electrons. The highest BCUT2D eigenvalue weighted by atomic mass is 19.1. The van der Waals surface area contributed by atoms with Crippen LogP contribution in [0.25, 0.3) is 0 Å². The van der Waals surface area contributed by atoms with Gasteiger partial charge in [0.25, 0.3) is 5.56 Å². The summed E-state index contributed by atoms with van der Waals surface area (Å²) in [7, 11) is 0. The maximum Gasteiger partial charge on any atom is 0.330 e. The molecule has 1 heterocycles. The number of hydrogen-bond donors (Lipinski definition) is 0. The van der Waals surface area contributed by atoms with Crippen LogP contribution in [0, 0.1) is 5.82 Å². The first-order chi connectivity index (χ1) is 7.06. The lowest BCUT2D eigenvalue weighted by Gasteiger charge is -2.11. The van der Waals surface area contributed by atoms with Crippen molar-refractivity contribution in [3.05, 3.63) is 28.4 Å². The Balaban J connectivity index is 2.96. The predicted octanol–water partition coefficient (Wildman–Crippen LogP) is 0.506. The third-order valence-electron chi connectivity index (χ3n) is 1.79. The van der Waals surface area contributed by atoms with Gasteiger partial charge in [0.05, 0.1) is 12.8 Å². The van der Waals surface area contributed by atoms with Crippen LogP contribution in [0.5, 0.6) is 0 Å². The van der Waals surface area contributed by atoms with Crippen molar-refractivity contribution in [1.29, 1.82) is 0 Å². The lowest BCUT2D eigenvalue weighted by molar-refractivity contribution is -0.147. The second-order valence-corrected chi connectivity index (χ2v) is 2.88. The maximum atomic E-state index is 12.6. The quantitative estimate of drug-likeness (QED) is 0.687. The Morgan fingerprint density at radius 2 is 2.40 bits per heavy atom. The standard InChI is InChI=1S/C9H11FN2O3/c1-3-15-9(14)6(2)12-8(13)4-7(10)5-11-12/h4-6H,3H2,1-2H3/t6-/m1/s1. The summed E-state index contributed by atoms with van der Waals surface area (Å²) in [5.74, 6) is -1.30. The second kappa shape index (κ2) is 4.68. The Kier molecular flexibility index (Phi) is 3.54. The van der Waals surface area contributed by atoms with E-state index in [0.717, 1.165) is 16.9 Å². The van der Waals surface area contributed by atoms with E-state index in [9.17, 15) is 14.0 Å². The monoisotopic (exact) mass is 214 g/mol. The number of hydrogen-bond acceptors (Lipinski definition) is 4. The molecule has 1 rings (SSSR count). The first-order valence-electron chi connectivity index (χ1n) is 4.47. The van der Waals surface area contributed by atoms with Crippen molar-refractivity contribution in [3.63, 3.8) is 0 Å². The highest BCUT2D eigenvalue weighted by Gasteiger charge is 2.18. The van der Waals surface area contributed by atoms with Gasteiger partial charge in [0.15, 0.2) is 6.04 Å². The highest BCUT2D eigenvalue weighted by Crippen LogP contribution is 2.02. The number of nitrogens with zero attached hydrogens (tertiary/aromatic N) is 2. The van der Waals surface area contributed by atoms with Crippen LogP contribution in [0.4, 0.5) is 4.39 Å². The molecule has 0 aromatic carbocycles. The van der Waals surface area contributed by atoms with Crippen molar-refractivity contribution in [2.24, 2.45) is 0 Å². The lowest BCUT2D eigenvalue weighted by Crippen LogP contribution is -2.31. The summed E-state index contributed by atoms with van der Waals surface area (Å²) in [4.78, 5) is 22.5. The molecule has 0 fully saturated rings. The molecule has 0 aliphatic rings. The molecule has 0 saturated carbocycles. The van der Waals surface area contributed by atoms with Crippen LogP contribution >= 0.6 is 0 Å². The van der Waals surface area contributed by atoms with Crippen molar-refractivity contribution >= 4 is 5.97 Å². The zero-order valence-corrected chi connectivity index (χ0v) is 8.44. The van der Waals surface area contributed by atoms with Gasteiger partial charge in [-0.15, -0.1) is 0 Å². The van der Waals surface area contributed by atoms with Gasteiger partial charge in [0.2, 0.25) is 0 Å². The molecule has 1 aromatic rings. The topological polar surface area (TPSA) is 61.2 Å². The second-order valence-electron chi connectivity index (χ2n) is 2.88. The largest absolute Gasteiger partial charge is 0.464 e. The summed E-state index contributed by atoms with van der Waals surface area (Å²) in [6.45, 7) is 3.34. The van der Waals surface area contributed by atoms with Crippen LogP contribution in [0.2, 0.25) is 0 Å². The molecule has 1 aromatic heterocycles. The Hall–Kier alpha value is -1.72. The molecule has 0 bridgehead atoms. The Morgan fingerprint density at radius 1 is 1.73 bits per heavy atom. The van der Waals surface area contributed by atoms with Crippen LogP contribution in [0.15, 0.2) is 17.1 Å². The van der Waals surface area contributed by atoms with Gasteiger partial charge in [-0.3, -0.25) is 4.79 Å². The Morgan fingerprint density at radius 3 is 2.93 bits per heavy atom. The maximum absolute atomic E-state index is 12.6. The fourth-order valence-corrected chi connectivity index (χ4v) is 1.05. The minimum atomic E-state index is -0.849. The summed E-state index contributed by atoms with van der Waals surface area (Å²) in [5.41, 5.74) is -0.671. The molecule has 1 atom stereocenters. The van der Waals surface area contributed by atoms with E-state index in [1.807, 2.05) is 0 Å². The zero-order chi connectivity index (χ0) is 11.4. The molecule has 0 N–H and O–H groups in total. The van der Waals surface area contributed by atoms with Crippen molar-refractivity contribution in [3.8, 4) is 0 Å². The molecular weight excluding hydrogens is 203 g/mol. The summed E-state index contributed by atoms with van der Waals surface area (Å²) in [6, 6.07) is -0.0824. The zero-order valence-electron chi connectivity index (χ0n) is 8.44. The van der Waals surface area contributed by atoms with Gasteiger partial charge in [0.1, 0.15) is 5.82 Å². The summed E-state index contributed by atoms with van der Waals surface area (Å²) in [6.07, 6.45) is 0.872. The number of carbonyl (C=O) groups excluding carboxylic acids is 1. The van der Waals surface area contributed by atoms with E-state index in [4.69, 9.17) is 4.74 Å². The van der Waals surface area contributed by atoms with Crippen LogP contribution in [-0.4, -0.2) is 22.4 Å². The van der Waals surface area contributed by atoms with Gasteiger partial charge >= 0.3 is 5.97 Å². The molecule has 82 valence electrons. The molecule has 0 amide bonds. The molecule has 15 heavy (non-hydrogen) atoms. The van der Waals surface area contributed by atoms with Crippen LogP contribution < -0.4 is 5.56 Å². The van der Waals surface area contributed by atoms with Crippen LogP contribution in [-0.2, 0) is 9.53 Å². The molecule has 0 spiro atoms. The minimum absolute atomic E-state index is 0.221. The number of esters is 1. The summed E-state index contributed by atoms with van der Waals surface area (Å²) < 4.78 is 18.2. The normalized spacial score (nSPS) is 12.2.